The number of nitrogens with zero attached hydrogens (tertiary/aromatic N) is 1. The molecule has 1 aromatic rings. The summed E-state index contributed by atoms with van der Waals surface area (Å²) >= 11 is 11.9. The van der Waals surface area contributed by atoms with Crippen LogP contribution in [0, 0.1) is 0 Å². The summed E-state index contributed by atoms with van der Waals surface area (Å²) in [7, 11) is 2.08. The Hall–Kier alpha value is -0.400. The van der Waals surface area contributed by atoms with E-state index in [2.05, 4.69) is 25.8 Å². The third-order valence-corrected chi connectivity index (χ3v) is 3.35. The molecule has 0 N–H and O–H groups in total. The Labute approximate surface area is 102 Å². The highest BCUT2D eigenvalue weighted by Crippen LogP contribution is 2.27. The first-order valence-electron chi connectivity index (χ1n) is 5.17. The fourth-order valence-electron chi connectivity index (χ4n) is 1.49. The number of rotatable bonds is 4. The van der Waals surface area contributed by atoms with Gasteiger partial charge in [0.15, 0.2) is 0 Å². The van der Waals surface area contributed by atoms with Crippen molar-refractivity contribution >= 4 is 28.9 Å². The monoisotopic (exact) mass is 245 g/mol. The molecule has 0 aromatic heterocycles. The second-order valence-electron chi connectivity index (χ2n) is 3.77. The van der Waals surface area contributed by atoms with E-state index in [1.807, 2.05) is 18.2 Å². The molecule has 84 valence electrons. The first-order valence-corrected chi connectivity index (χ1v) is 6.08. The van der Waals surface area contributed by atoms with Crippen LogP contribution < -0.4 is 4.90 Å². The Morgan fingerprint density at radius 3 is 2.60 bits per heavy atom. The molecule has 0 aliphatic heterocycles. The number of anilines is 1. The molecule has 0 radical (unpaired) electrons. The normalized spacial score (nSPS) is 12.6. The van der Waals surface area contributed by atoms with Crippen LogP contribution in [-0.4, -0.2) is 13.1 Å². The largest absolute Gasteiger partial charge is 0.372 e. The molecule has 1 aromatic carbocycles. The van der Waals surface area contributed by atoms with Crippen molar-refractivity contribution < 1.29 is 0 Å². The van der Waals surface area contributed by atoms with Gasteiger partial charge < -0.3 is 4.90 Å². The predicted octanol–water partition coefficient (Wildman–Crippen LogP) is 4.31. The van der Waals surface area contributed by atoms with Crippen LogP contribution in [0.4, 0.5) is 5.69 Å². The van der Waals surface area contributed by atoms with E-state index in [1.54, 1.807) is 0 Å². The van der Waals surface area contributed by atoms with Crippen LogP contribution in [0.15, 0.2) is 18.2 Å². The van der Waals surface area contributed by atoms with Gasteiger partial charge in [-0.05, 0) is 31.0 Å². The number of halogens is 2. The Morgan fingerprint density at radius 2 is 2.07 bits per heavy atom. The Morgan fingerprint density at radius 1 is 1.40 bits per heavy atom. The molecule has 0 aliphatic rings. The van der Waals surface area contributed by atoms with Crippen LogP contribution >= 0.6 is 23.2 Å². The molecule has 1 nitrogen and oxygen atoms in total. The van der Waals surface area contributed by atoms with Crippen molar-refractivity contribution in [2.45, 2.75) is 32.2 Å². The SMILES string of the molecule is CCC(C)N(C)c1cc(Cl)ccc1CCl. The number of alkyl halides is 1. The molecule has 1 atom stereocenters. The minimum atomic E-state index is 0.491. The molecule has 0 spiro atoms. The molecule has 3 heteroatoms. The van der Waals surface area contributed by atoms with E-state index in [9.17, 15) is 0 Å². The molecule has 0 saturated carbocycles. The van der Waals surface area contributed by atoms with Crippen molar-refractivity contribution in [3.8, 4) is 0 Å². The van der Waals surface area contributed by atoms with E-state index in [4.69, 9.17) is 23.2 Å². The summed E-state index contributed by atoms with van der Waals surface area (Å²) in [6.07, 6.45) is 1.10. The van der Waals surface area contributed by atoms with E-state index in [1.165, 1.54) is 0 Å². The van der Waals surface area contributed by atoms with Crippen molar-refractivity contribution in [3.05, 3.63) is 28.8 Å². The number of hydrogen-bond acceptors (Lipinski definition) is 1. The van der Waals surface area contributed by atoms with Gasteiger partial charge in [-0.3, -0.25) is 0 Å². The average molecular weight is 246 g/mol. The molecule has 1 unspecified atom stereocenters. The third kappa shape index (κ3) is 3.02. The molecule has 0 fully saturated rings. The summed E-state index contributed by atoms with van der Waals surface area (Å²) in [5.74, 6) is 0.521. The zero-order chi connectivity index (χ0) is 11.4. The molecule has 0 saturated heterocycles. The standard InChI is InChI=1S/C12H17Cl2N/c1-4-9(2)15(3)12-7-11(14)6-5-10(12)8-13/h5-7,9H,4,8H2,1-3H3. The van der Waals surface area contributed by atoms with Gasteiger partial charge in [-0.1, -0.05) is 24.6 Å². The maximum atomic E-state index is 6.00. The fraction of sp³-hybridized carbons (Fsp3) is 0.500. The lowest BCUT2D eigenvalue weighted by Gasteiger charge is -2.28. The highest BCUT2D eigenvalue weighted by atomic mass is 35.5. The Kier molecular flexibility index (Phi) is 4.75. The van der Waals surface area contributed by atoms with Crippen LogP contribution in [0.1, 0.15) is 25.8 Å². The van der Waals surface area contributed by atoms with Gasteiger partial charge in [-0.15, -0.1) is 11.6 Å². The van der Waals surface area contributed by atoms with Gasteiger partial charge in [0.2, 0.25) is 0 Å². The fourth-order valence-corrected chi connectivity index (χ4v) is 1.88. The summed E-state index contributed by atoms with van der Waals surface area (Å²) in [5, 5.41) is 0.758. The highest BCUT2D eigenvalue weighted by molar-refractivity contribution is 6.31. The summed E-state index contributed by atoms with van der Waals surface area (Å²) < 4.78 is 0. The maximum Gasteiger partial charge on any atom is 0.0494 e. The molecule has 1 rings (SSSR count). The van der Waals surface area contributed by atoms with Gasteiger partial charge in [0.05, 0.1) is 0 Å². The first-order chi connectivity index (χ1) is 7.10. The van der Waals surface area contributed by atoms with Crippen molar-refractivity contribution in [1.29, 1.82) is 0 Å². The van der Waals surface area contributed by atoms with Crippen molar-refractivity contribution in [2.75, 3.05) is 11.9 Å². The lowest BCUT2D eigenvalue weighted by Crippen LogP contribution is -2.28. The van der Waals surface area contributed by atoms with Crippen LogP contribution in [0.3, 0.4) is 0 Å². The van der Waals surface area contributed by atoms with E-state index >= 15 is 0 Å². The quantitative estimate of drug-likeness (QED) is 0.715. The molecule has 0 bridgehead atoms. The Balaban J connectivity index is 3.05. The maximum absolute atomic E-state index is 6.00. The van der Waals surface area contributed by atoms with Crippen LogP contribution in [-0.2, 0) is 5.88 Å². The summed E-state index contributed by atoms with van der Waals surface area (Å²) in [5.41, 5.74) is 2.26. The summed E-state index contributed by atoms with van der Waals surface area (Å²) in [6.45, 7) is 4.37. The Bertz CT molecular complexity index is 325. The zero-order valence-corrected chi connectivity index (χ0v) is 10.9. The number of benzene rings is 1. The van der Waals surface area contributed by atoms with Gasteiger partial charge in [-0.2, -0.15) is 0 Å². The topological polar surface area (TPSA) is 3.24 Å². The zero-order valence-electron chi connectivity index (χ0n) is 9.43. The van der Waals surface area contributed by atoms with E-state index < -0.39 is 0 Å². The minimum absolute atomic E-state index is 0.491. The first kappa shape index (κ1) is 12.7. The minimum Gasteiger partial charge on any atom is -0.372 e. The second kappa shape index (κ2) is 5.62. The lowest BCUT2D eigenvalue weighted by atomic mass is 10.1. The predicted molar refractivity (Wildman–Crippen MR) is 69.2 cm³/mol. The molecule has 0 amide bonds. The van der Waals surface area contributed by atoms with Crippen molar-refractivity contribution in [2.24, 2.45) is 0 Å². The van der Waals surface area contributed by atoms with Gasteiger partial charge in [0, 0.05) is 29.7 Å². The second-order valence-corrected chi connectivity index (χ2v) is 4.48. The molecule has 0 heterocycles. The summed E-state index contributed by atoms with van der Waals surface area (Å²) in [4.78, 5) is 2.23. The smallest absolute Gasteiger partial charge is 0.0494 e. The molecule has 15 heavy (non-hydrogen) atoms. The van der Waals surface area contributed by atoms with Crippen molar-refractivity contribution in [3.63, 3.8) is 0 Å². The lowest BCUT2D eigenvalue weighted by molar-refractivity contribution is 0.662. The average Bonchev–Trinajstić information content (AvgIpc) is 2.27. The van der Waals surface area contributed by atoms with E-state index in [0.29, 0.717) is 11.9 Å². The van der Waals surface area contributed by atoms with Gasteiger partial charge in [-0.25, -0.2) is 0 Å². The van der Waals surface area contributed by atoms with Crippen molar-refractivity contribution in [1.82, 2.24) is 0 Å². The third-order valence-electron chi connectivity index (χ3n) is 2.82. The molecule has 0 aliphatic carbocycles. The highest BCUT2D eigenvalue weighted by Gasteiger charge is 2.12. The van der Waals surface area contributed by atoms with Crippen LogP contribution in [0.2, 0.25) is 5.02 Å². The van der Waals surface area contributed by atoms with Gasteiger partial charge in [0.25, 0.3) is 0 Å². The molecular formula is C12H17Cl2N. The van der Waals surface area contributed by atoms with Gasteiger partial charge >= 0.3 is 0 Å². The molecular weight excluding hydrogens is 229 g/mol. The number of hydrogen-bond donors (Lipinski definition) is 0. The summed E-state index contributed by atoms with van der Waals surface area (Å²) in [6, 6.07) is 6.34. The van der Waals surface area contributed by atoms with E-state index in [0.717, 1.165) is 22.7 Å². The van der Waals surface area contributed by atoms with E-state index in [-0.39, 0.29) is 0 Å². The van der Waals surface area contributed by atoms with Gasteiger partial charge in [0.1, 0.15) is 0 Å². The van der Waals surface area contributed by atoms with Crippen LogP contribution in [0.25, 0.3) is 0 Å². The van der Waals surface area contributed by atoms with Crippen LogP contribution in [0.5, 0.6) is 0 Å².